The highest BCUT2D eigenvalue weighted by molar-refractivity contribution is 5.61. The van der Waals surface area contributed by atoms with Gasteiger partial charge in [-0.3, -0.25) is 4.98 Å². The molecule has 10 heteroatoms. The van der Waals surface area contributed by atoms with Crippen molar-refractivity contribution < 1.29 is 31.4 Å². The topological polar surface area (TPSA) is 50.9 Å². The van der Waals surface area contributed by atoms with Crippen LogP contribution in [0, 0.1) is 6.92 Å². The van der Waals surface area contributed by atoms with Crippen molar-refractivity contribution in [2.45, 2.75) is 24.9 Å². The number of alkyl halides is 6. The molecule has 0 fully saturated rings. The Morgan fingerprint density at radius 3 is 2.04 bits per heavy atom. The molecule has 1 aromatic carbocycles. The zero-order valence-corrected chi connectivity index (χ0v) is 14.3. The fraction of sp³-hybridized carbons (Fsp3) is 0.222. The lowest BCUT2D eigenvalue weighted by Crippen LogP contribution is -2.53. The highest BCUT2D eigenvalue weighted by Gasteiger charge is 2.71. The molecule has 0 radical (unpaired) electrons. The van der Waals surface area contributed by atoms with Gasteiger partial charge in [0.2, 0.25) is 0 Å². The molecule has 148 valence electrons. The van der Waals surface area contributed by atoms with Crippen molar-refractivity contribution >= 4 is 0 Å². The van der Waals surface area contributed by atoms with E-state index in [-0.39, 0.29) is 5.69 Å². The monoisotopic (exact) mass is 401 g/mol. The largest absolute Gasteiger partial charge is 0.430 e. The molecular weight excluding hydrogens is 388 g/mol. The lowest BCUT2D eigenvalue weighted by atomic mass is 9.92. The summed E-state index contributed by atoms with van der Waals surface area (Å²) in [5.41, 5.74) is -4.27. The van der Waals surface area contributed by atoms with Gasteiger partial charge in [-0.25, -0.2) is 4.68 Å². The molecule has 4 nitrogen and oxygen atoms in total. The van der Waals surface area contributed by atoms with Crippen LogP contribution in [0.15, 0.2) is 54.9 Å². The summed E-state index contributed by atoms with van der Waals surface area (Å²) >= 11 is 0. The molecule has 2 aromatic heterocycles. The van der Waals surface area contributed by atoms with E-state index in [1.807, 2.05) is 0 Å². The van der Waals surface area contributed by atoms with Crippen LogP contribution < -0.4 is 0 Å². The molecule has 0 unspecified atom stereocenters. The molecular formula is C18H13F6N3O. The zero-order chi connectivity index (χ0) is 20.7. The number of pyridine rings is 1. The number of aromatic nitrogens is 3. The van der Waals surface area contributed by atoms with Crippen molar-refractivity contribution in [2.75, 3.05) is 0 Å². The van der Waals surface area contributed by atoms with E-state index in [9.17, 15) is 31.4 Å². The van der Waals surface area contributed by atoms with Crippen LogP contribution >= 0.6 is 0 Å². The van der Waals surface area contributed by atoms with Gasteiger partial charge < -0.3 is 5.11 Å². The predicted molar refractivity (Wildman–Crippen MR) is 87.5 cm³/mol. The second-order valence-electron chi connectivity index (χ2n) is 6.08. The van der Waals surface area contributed by atoms with Crippen LogP contribution in [-0.4, -0.2) is 32.2 Å². The van der Waals surface area contributed by atoms with Gasteiger partial charge in [0.25, 0.3) is 5.60 Å². The van der Waals surface area contributed by atoms with E-state index in [1.165, 1.54) is 4.68 Å². The van der Waals surface area contributed by atoms with Gasteiger partial charge in [-0.15, -0.1) is 0 Å². The fourth-order valence-electron chi connectivity index (χ4n) is 2.75. The Morgan fingerprint density at radius 1 is 0.929 bits per heavy atom. The van der Waals surface area contributed by atoms with E-state index in [0.29, 0.717) is 29.1 Å². The standard InChI is InChI=1S/C18H13F6N3O/c1-11-9-15(12-3-2-8-25-10-12)27(26-11)14-6-4-13(5-7-14)16(28,17(19,20)21)18(22,23)24/h2-10,28H,1H3. The lowest BCUT2D eigenvalue weighted by Gasteiger charge is -2.32. The van der Waals surface area contributed by atoms with Gasteiger partial charge in [0.05, 0.1) is 17.1 Å². The molecule has 0 saturated heterocycles. The van der Waals surface area contributed by atoms with E-state index in [2.05, 4.69) is 10.1 Å². The number of aryl methyl sites for hydroxylation is 1. The third kappa shape index (κ3) is 3.24. The van der Waals surface area contributed by atoms with E-state index in [1.54, 1.807) is 37.5 Å². The number of aliphatic hydroxyl groups is 1. The summed E-state index contributed by atoms with van der Waals surface area (Å²) in [7, 11) is 0. The SMILES string of the molecule is Cc1cc(-c2cccnc2)n(-c2ccc(C(O)(C(F)(F)F)C(F)(F)F)cc2)n1. The average Bonchev–Trinajstić information content (AvgIpc) is 3.02. The Labute approximate surface area is 155 Å². The predicted octanol–water partition coefficient (Wildman–Crippen LogP) is 4.55. The Bertz CT molecular complexity index is 948. The lowest BCUT2D eigenvalue weighted by molar-refractivity contribution is -0.376. The van der Waals surface area contributed by atoms with Gasteiger partial charge in [-0.05, 0) is 37.3 Å². The summed E-state index contributed by atoms with van der Waals surface area (Å²) in [5, 5.41) is 13.7. The molecule has 1 N–H and O–H groups in total. The smallest absolute Gasteiger partial charge is 0.369 e. The van der Waals surface area contributed by atoms with Gasteiger partial charge in [0.15, 0.2) is 0 Å². The molecule has 0 bridgehead atoms. The van der Waals surface area contributed by atoms with Crippen LogP contribution in [0.25, 0.3) is 16.9 Å². The Kier molecular flexibility index (Phi) is 4.70. The molecule has 3 aromatic rings. The summed E-state index contributed by atoms with van der Waals surface area (Å²) in [6.07, 6.45) is -8.76. The summed E-state index contributed by atoms with van der Waals surface area (Å²) in [4.78, 5) is 3.98. The second kappa shape index (κ2) is 6.62. The van der Waals surface area contributed by atoms with Crippen molar-refractivity contribution in [3.05, 3.63) is 66.1 Å². The van der Waals surface area contributed by atoms with Gasteiger partial charge in [0.1, 0.15) is 0 Å². The summed E-state index contributed by atoms with van der Waals surface area (Å²) in [6, 6.07) is 8.35. The van der Waals surface area contributed by atoms with Crippen LogP contribution in [-0.2, 0) is 5.60 Å². The molecule has 0 aliphatic carbocycles. The minimum Gasteiger partial charge on any atom is -0.369 e. The van der Waals surface area contributed by atoms with Crippen LogP contribution in [0.2, 0.25) is 0 Å². The first kappa shape index (κ1) is 19.9. The first-order chi connectivity index (χ1) is 12.9. The molecule has 28 heavy (non-hydrogen) atoms. The van der Waals surface area contributed by atoms with Gasteiger partial charge in [0, 0.05) is 23.5 Å². The van der Waals surface area contributed by atoms with Crippen LogP contribution in [0.4, 0.5) is 26.3 Å². The number of nitrogens with zero attached hydrogens (tertiary/aromatic N) is 3. The molecule has 0 aliphatic heterocycles. The molecule has 0 amide bonds. The highest BCUT2D eigenvalue weighted by Crippen LogP contribution is 2.50. The van der Waals surface area contributed by atoms with E-state index >= 15 is 0 Å². The number of hydrogen-bond donors (Lipinski definition) is 1. The Balaban J connectivity index is 2.08. The average molecular weight is 401 g/mol. The maximum absolute atomic E-state index is 13.0. The van der Waals surface area contributed by atoms with Crippen molar-refractivity contribution in [1.29, 1.82) is 0 Å². The van der Waals surface area contributed by atoms with Crippen LogP contribution in [0.3, 0.4) is 0 Å². The Hall–Kier alpha value is -2.88. The van der Waals surface area contributed by atoms with Crippen LogP contribution in [0.5, 0.6) is 0 Å². The molecule has 0 saturated carbocycles. The second-order valence-corrected chi connectivity index (χ2v) is 6.08. The minimum atomic E-state index is -5.93. The maximum atomic E-state index is 13.0. The number of benzene rings is 1. The normalized spacial score (nSPS) is 13.0. The van der Waals surface area contributed by atoms with E-state index in [4.69, 9.17) is 0 Å². The summed E-state index contributed by atoms with van der Waals surface area (Å²) < 4.78 is 79.4. The first-order valence-corrected chi connectivity index (χ1v) is 7.89. The third-order valence-corrected chi connectivity index (χ3v) is 4.14. The molecule has 0 aliphatic rings. The summed E-state index contributed by atoms with van der Waals surface area (Å²) in [6.45, 7) is 1.69. The van der Waals surface area contributed by atoms with Crippen molar-refractivity contribution in [3.8, 4) is 16.9 Å². The van der Waals surface area contributed by atoms with E-state index in [0.717, 1.165) is 12.1 Å². The minimum absolute atomic E-state index is 0.224. The first-order valence-electron chi connectivity index (χ1n) is 7.89. The summed E-state index contributed by atoms with van der Waals surface area (Å²) in [5.74, 6) is 0. The van der Waals surface area contributed by atoms with Crippen molar-refractivity contribution in [2.24, 2.45) is 0 Å². The zero-order valence-electron chi connectivity index (χ0n) is 14.3. The molecule has 2 heterocycles. The van der Waals surface area contributed by atoms with Gasteiger partial charge >= 0.3 is 12.4 Å². The number of halogens is 6. The number of hydrogen-bond acceptors (Lipinski definition) is 3. The molecule has 0 spiro atoms. The molecule has 0 atom stereocenters. The third-order valence-electron chi connectivity index (χ3n) is 4.14. The van der Waals surface area contributed by atoms with Crippen molar-refractivity contribution in [3.63, 3.8) is 0 Å². The van der Waals surface area contributed by atoms with Gasteiger partial charge in [-0.2, -0.15) is 31.4 Å². The number of rotatable bonds is 3. The fourth-order valence-corrected chi connectivity index (χ4v) is 2.75. The van der Waals surface area contributed by atoms with Crippen LogP contribution in [0.1, 0.15) is 11.3 Å². The quantitative estimate of drug-likeness (QED) is 0.655. The van der Waals surface area contributed by atoms with Gasteiger partial charge in [-0.1, -0.05) is 12.1 Å². The Morgan fingerprint density at radius 2 is 1.54 bits per heavy atom. The molecule has 3 rings (SSSR count). The highest BCUT2D eigenvalue weighted by atomic mass is 19.4. The maximum Gasteiger partial charge on any atom is 0.430 e. The van der Waals surface area contributed by atoms with E-state index < -0.39 is 23.5 Å². The van der Waals surface area contributed by atoms with Crippen molar-refractivity contribution in [1.82, 2.24) is 14.8 Å².